The molecule has 0 aliphatic heterocycles. The summed E-state index contributed by atoms with van der Waals surface area (Å²) in [7, 11) is 0. The summed E-state index contributed by atoms with van der Waals surface area (Å²) in [6.07, 6.45) is 0. The van der Waals surface area contributed by atoms with Gasteiger partial charge in [0.1, 0.15) is 12.4 Å². The Balaban J connectivity index is 1.97. The summed E-state index contributed by atoms with van der Waals surface area (Å²) in [6, 6.07) is 15.0. The number of hydrogen-bond donors (Lipinski definition) is 0. The van der Waals surface area contributed by atoms with Gasteiger partial charge in [-0.25, -0.2) is 0 Å². The summed E-state index contributed by atoms with van der Waals surface area (Å²) in [5.41, 5.74) is 2.81. The van der Waals surface area contributed by atoms with Crippen molar-refractivity contribution < 1.29 is 9.53 Å². The summed E-state index contributed by atoms with van der Waals surface area (Å²) >= 11 is 5.36. The van der Waals surface area contributed by atoms with E-state index < -0.39 is 5.24 Å². The van der Waals surface area contributed by atoms with E-state index in [1.807, 2.05) is 31.2 Å². The third-order valence-corrected chi connectivity index (χ3v) is 2.83. The molecule has 0 aliphatic carbocycles. The molecule has 18 heavy (non-hydrogen) atoms. The van der Waals surface area contributed by atoms with E-state index in [4.69, 9.17) is 16.3 Å². The Bertz CT molecular complexity index is 529. The van der Waals surface area contributed by atoms with Crippen LogP contribution in [0.25, 0.3) is 0 Å². The fourth-order valence-electron chi connectivity index (χ4n) is 1.53. The Morgan fingerprint density at radius 3 is 2.22 bits per heavy atom. The van der Waals surface area contributed by atoms with Crippen LogP contribution in [0, 0.1) is 6.92 Å². The number of halogens is 1. The maximum Gasteiger partial charge on any atom is 0.252 e. The van der Waals surface area contributed by atoms with Crippen molar-refractivity contribution in [1.82, 2.24) is 0 Å². The van der Waals surface area contributed by atoms with Crippen molar-refractivity contribution in [3.8, 4) is 5.75 Å². The maximum absolute atomic E-state index is 10.9. The van der Waals surface area contributed by atoms with Gasteiger partial charge in [-0.05, 0) is 48.4 Å². The van der Waals surface area contributed by atoms with E-state index >= 15 is 0 Å². The molecule has 0 amide bonds. The highest BCUT2D eigenvalue weighted by Gasteiger charge is 2.01. The SMILES string of the molecule is Cc1ccc(COc2ccc(C(=O)Cl)cc2)cc1. The monoisotopic (exact) mass is 260 g/mol. The minimum absolute atomic E-state index is 0.458. The molecule has 3 heteroatoms. The van der Waals surface area contributed by atoms with Crippen LogP contribution in [-0.4, -0.2) is 5.24 Å². The van der Waals surface area contributed by atoms with Crippen molar-refractivity contribution in [3.05, 3.63) is 65.2 Å². The van der Waals surface area contributed by atoms with E-state index in [1.165, 1.54) is 5.56 Å². The van der Waals surface area contributed by atoms with Crippen LogP contribution < -0.4 is 4.74 Å². The van der Waals surface area contributed by atoms with Crippen LogP contribution in [0.2, 0.25) is 0 Å². The van der Waals surface area contributed by atoms with E-state index in [0.717, 1.165) is 11.3 Å². The summed E-state index contributed by atoms with van der Waals surface area (Å²) in [4.78, 5) is 10.9. The lowest BCUT2D eigenvalue weighted by molar-refractivity contribution is 0.108. The van der Waals surface area contributed by atoms with Gasteiger partial charge in [0.2, 0.25) is 0 Å². The van der Waals surface area contributed by atoms with E-state index in [-0.39, 0.29) is 0 Å². The lowest BCUT2D eigenvalue weighted by Crippen LogP contribution is -1.96. The summed E-state index contributed by atoms with van der Waals surface area (Å²) in [5.74, 6) is 0.720. The molecule has 0 unspecified atom stereocenters. The molecule has 0 bridgehead atoms. The first-order valence-corrected chi connectivity index (χ1v) is 6.01. The molecule has 2 nitrogen and oxygen atoms in total. The van der Waals surface area contributed by atoms with Crippen LogP contribution in [0.15, 0.2) is 48.5 Å². The second-order valence-electron chi connectivity index (χ2n) is 4.07. The van der Waals surface area contributed by atoms with Gasteiger partial charge in [0, 0.05) is 5.56 Å². The number of ether oxygens (including phenoxy) is 1. The molecule has 0 aromatic heterocycles. The van der Waals surface area contributed by atoms with Gasteiger partial charge < -0.3 is 4.74 Å². The molecule has 2 rings (SSSR count). The van der Waals surface area contributed by atoms with Crippen LogP contribution in [0.5, 0.6) is 5.75 Å². The first kappa shape index (κ1) is 12.7. The fraction of sp³-hybridized carbons (Fsp3) is 0.133. The van der Waals surface area contributed by atoms with Gasteiger partial charge in [-0.1, -0.05) is 29.8 Å². The Hall–Kier alpha value is -1.80. The Morgan fingerprint density at radius 1 is 1.06 bits per heavy atom. The van der Waals surface area contributed by atoms with E-state index in [2.05, 4.69) is 0 Å². The average Bonchev–Trinajstić information content (AvgIpc) is 2.38. The molecule has 0 heterocycles. The van der Waals surface area contributed by atoms with E-state index in [1.54, 1.807) is 24.3 Å². The molecular weight excluding hydrogens is 248 g/mol. The topological polar surface area (TPSA) is 26.3 Å². The smallest absolute Gasteiger partial charge is 0.252 e. The van der Waals surface area contributed by atoms with Gasteiger partial charge >= 0.3 is 0 Å². The molecule has 2 aromatic carbocycles. The average molecular weight is 261 g/mol. The maximum atomic E-state index is 10.9. The largest absolute Gasteiger partial charge is 0.489 e. The van der Waals surface area contributed by atoms with Gasteiger partial charge in [0.25, 0.3) is 5.24 Å². The second-order valence-corrected chi connectivity index (χ2v) is 4.42. The van der Waals surface area contributed by atoms with Gasteiger partial charge in [-0.2, -0.15) is 0 Å². The molecule has 0 fully saturated rings. The van der Waals surface area contributed by atoms with Crippen LogP contribution in [-0.2, 0) is 6.61 Å². The summed E-state index contributed by atoms with van der Waals surface area (Å²) < 4.78 is 5.61. The molecular formula is C15H13ClO2. The van der Waals surface area contributed by atoms with Crippen molar-refractivity contribution in [1.29, 1.82) is 0 Å². The van der Waals surface area contributed by atoms with Gasteiger partial charge in [-0.15, -0.1) is 0 Å². The molecule has 92 valence electrons. The van der Waals surface area contributed by atoms with E-state index in [9.17, 15) is 4.79 Å². The number of aryl methyl sites for hydroxylation is 1. The predicted octanol–water partition coefficient (Wildman–Crippen LogP) is 3.95. The van der Waals surface area contributed by atoms with Crippen LogP contribution in [0.1, 0.15) is 21.5 Å². The highest BCUT2D eigenvalue weighted by molar-refractivity contribution is 6.67. The molecule has 0 aliphatic rings. The zero-order valence-corrected chi connectivity index (χ0v) is 10.8. The van der Waals surface area contributed by atoms with Crippen molar-refractivity contribution >= 4 is 16.8 Å². The Kier molecular flexibility index (Phi) is 4.00. The standard InChI is InChI=1S/C15H13ClO2/c1-11-2-4-12(5-3-11)10-18-14-8-6-13(7-9-14)15(16)17/h2-9H,10H2,1H3. The lowest BCUT2D eigenvalue weighted by atomic mass is 10.2. The molecule has 0 atom stereocenters. The third-order valence-electron chi connectivity index (χ3n) is 2.61. The Morgan fingerprint density at radius 2 is 1.67 bits per heavy atom. The first-order chi connectivity index (χ1) is 8.65. The zero-order chi connectivity index (χ0) is 13.0. The quantitative estimate of drug-likeness (QED) is 0.778. The normalized spacial score (nSPS) is 10.1. The minimum Gasteiger partial charge on any atom is -0.489 e. The van der Waals surface area contributed by atoms with Gasteiger partial charge in [0.15, 0.2) is 0 Å². The van der Waals surface area contributed by atoms with E-state index in [0.29, 0.717) is 12.2 Å². The molecule has 0 saturated carbocycles. The lowest BCUT2D eigenvalue weighted by Gasteiger charge is -2.06. The number of carbonyl (C=O) groups excluding carboxylic acids is 1. The molecule has 0 saturated heterocycles. The van der Waals surface area contributed by atoms with Crippen LogP contribution in [0.4, 0.5) is 0 Å². The highest BCUT2D eigenvalue weighted by Crippen LogP contribution is 2.15. The number of benzene rings is 2. The highest BCUT2D eigenvalue weighted by atomic mass is 35.5. The van der Waals surface area contributed by atoms with Crippen molar-refractivity contribution in [2.24, 2.45) is 0 Å². The van der Waals surface area contributed by atoms with Gasteiger partial charge in [-0.3, -0.25) is 4.79 Å². The Labute approximate surface area is 111 Å². The van der Waals surface area contributed by atoms with Crippen molar-refractivity contribution in [2.45, 2.75) is 13.5 Å². The fourth-order valence-corrected chi connectivity index (χ4v) is 1.66. The van der Waals surface area contributed by atoms with Crippen LogP contribution in [0.3, 0.4) is 0 Å². The zero-order valence-electron chi connectivity index (χ0n) is 10.0. The number of hydrogen-bond acceptors (Lipinski definition) is 2. The minimum atomic E-state index is -0.458. The molecule has 0 radical (unpaired) electrons. The predicted molar refractivity (Wildman–Crippen MR) is 72.1 cm³/mol. The van der Waals surface area contributed by atoms with Crippen molar-refractivity contribution in [3.63, 3.8) is 0 Å². The molecule has 2 aromatic rings. The first-order valence-electron chi connectivity index (χ1n) is 5.63. The second kappa shape index (κ2) is 5.69. The molecule has 0 spiro atoms. The van der Waals surface area contributed by atoms with Crippen molar-refractivity contribution in [2.75, 3.05) is 0 Å². The third kappa shape index (κ3) is 3.34. The molecule has 0 N–H and O–H groups in total. The van der Waals surface area contributed by atoms with Crippen LogP contribution >= 0.6 is 11.6 Å². The summed E-state index contributed by atoms with van der Waals surface area (Å²) in [5, 5.41) is -0.458. The number of rotatable bonds is 4. The van der Waals surface area contributed by atoms with Gasteiger partial charge in [0.05, 0.1) is 0 Å². The number of carbonyl (C=O) groups is 1. The summed E-state index contributed by atoms with van der Waals surface area (Å²) in [6.45, 7) is 2.56.